The summed E-state index contributed by atoms with van der Waals surface area (Å²) in [4.78, 5) is 12.0. The summed E-state index contributed by atoms with van der Waals surface area (Å²) in [6.45, 7) is 2.30. The third-order valence-corrected chi connectivity index (χ3v) is 4.67. The summed E-state index contributed by atoms with van der Waals surface area (Å²) in [5.41, 5.74) is 0. The number of hydrogen-bond donors (Lipinski definition) is 1. The molecule has 3 heteroatoms. The molecule has 2 aliphatic carbocycles. The van der Waals surface area contributed by atoms with Crippen LogP contribution in [-0.4, -0.2) is 25.2 Å². The van der Waals surface area contributed by atoms with Gasteiger partial charge in [0.1, 0.15) is 6.04 Å². The largest absolute Gasteiger partial charge is 0.468 e. The predicted molar refractivity (Wildman–Crippen MR) is 72.3 cm³/mol. The van der Waals surface area contributed by atoms with Crippen LogP contribution in [0.4, 0.5) is 0 Å². The number of methoxy groups -OCH3 is 1. The fourth-order valence-electron chi connectivity index (χ4n) is 3.65. The van der Waals surface area contributed by atoms with Crippen LogP contribution in [0, 0.1) is 11.8 Å². The van der Waals surface area contributed by atoms with E-state index >= 15 is 0 Å². The lowest BCUT2D eigenvalue weighted by atomic mass is 9.78. The molecule has 2 fully saturated rings. The number of carbonyl (C=O) groups is 1. The van der Waals surface area contributed by atoms with Gasteiger partial charge in [-0.3, -0.25) is 4.79 Å². The van der Waals surface area contributed by atoms with Crippen LogP contribution in [-0.2, 0) is 9.53 Å². The number of carbonyl (C=O) groups excluding carboxylic acids is 1. The van der Waals surface area contributed by atoms with Gasteiger partial charge in [-0.15, -0.1) is 0 Å². The molecule has 2 aliphatic rings. The van der Waals surface area contributed by atoms with Crippen LogP contribution in [0.1, 0.15) is 58.3 Å². The van der Waals surface area contributed by atoms with Crippen LogP contribution >= 0.6 is 0 Å². The molecule has 2 saturated carbocycles. The summed E-state index contributed by atoms with van der Waals surface area (Å²) in [5, 5.41) is 3.58. The Morgan fingerprint density at radius 2 is 1.89 bits per heavy atom. The zero-order valence-corrected chi connectivity index (χ0v) is 11.8. The Morgan fingerprint density at radius 3 is 2.50 bits per heavy atom. The van der Waals surface area contributed by atoms with Crippen molar-refractivity contribution >= 4 is 5.97 Å². The molecule has 0 aromatic heterocycles. The zero-order chi connectivity index (χ0) is 13.0. The van der Waals surface area contributed by atoms with Crippen molar-refractivity contribution in [3.8, 4) is 0 Å². The lowest BCUT2D eigenvalue weighted by molar-refractivity contribution is -0.145. The fourth-order valence-corrected chi connectivity index (χ4v) is 3.65. The summed E-state index contributed by atoms with van der Waals surface area (Å²) >= 11 is 0. The van der Waals surface area contributed by atoms with Gasteiger partial charge in [-0.1, -0.05) is 32.6 Å². The smallest absolute Gasteiger partial charge is 0.323 e. The van der Waals surface area contributed by atoms with Gasteiger partial charge in [0.05, 0.1) is 7.11 Å². The van der Waals surface area contributed by atoms with Gasteiger partial charge in [0.2, 0.25) is 0 Å². The van der Waals surface area contributed by atoms with Crippen LogP contribution in [0.5, 0.6) is 0 Å². The monoisotopic (exact) mass is 253 g/mol. The van der Waals surface area contributed by atoms with Gasteiger partial charge in [0.25, 0.3) is 0 Å². The fraction of sp³-hybridized carbons (Fsp3) is 0.933. The van der Waals surface area contributed by atoms with E-state index in [2.05, 4.69) is 12.2 Å². The van der Waals surface area contributed by atoms with Gasteiger partial charge in [-0.2, -0.15) is 0 Å². The molecule has 0 aromatic carbocycles. The number of ether oxygens (including phenoxy) is 1. The third-order valence-electron chi connectivity index (χ3n) is 4.67. The van der Waals surface area contributed by atoms with E-state index in [1.165, 1.54) is 58.5 Å². The van der Waals surface area contributed by atoms with Crippen molar-refractivity contribution in [2.24, 2.45) is 11.8 Å². The summed E-state index contributed by atoms with van der Waals surface area (Å²) in [7, 11) is 1.51. The molecule has 0 heterocycles. The topological polar surface area (TPSA) is 38.3 Å². The van der Waals surface area contributed by atoms with Gasteiger partial charge >= 0.3 is 5.97 Å². The standard InChI is InChI=1S/C15H27NO2/c1-11-6-5-7-12(10-11)14(15(17)18-2)16-13-8-3-4-9-13/h11-14,16H,3-10H2,1-2H3. The Hall–Kier alpha value is -0.570. The maximum absolute atomic E-state index is 12.0. The van der Waals surface area contributed by atoms with Gasteiger partial charge in [0.15, 0.2) is 0 Å². The highest BCUT2D eigenvalue weighted by Crippen LogP contribution is 2.32. The minimum atomic E-state index is -0.0687. The predicted octanol–water partition coefficient (Wildman–Crippen LogP) is 2.89. The van der Waals surface area contributed by atoms with Crippen molar-refractivity contribution < 1.29 is 9.53 Å². The van der Waals surface area contributed by atoms with Crippen molar-refractivity contribution in [1.29, 1.82) is 0 Å². The van der Waals surface area contributed by atoms with E-state index in [4.69, 9.17) is 4.74 Å². The summed E-state index contributed by atoms with van der Waals surface area (Å²) in [6.07, 6.45) is 9.94. The maximum atomic E-state index is 12.0. The highest BCUT2D eigenvalue weighted by molar-refractivity contribution is 5.76. The average Bonchev–Trinajstić information content (AvgIpc) is 2.88. The van der Waals surface area contributed by atoms with Gasteiger partial charge in [-0.25, -0.2) is 0 Å². The van der Waals surface area contributed by atoms with E-state index < -0.39 is 0 Å². The average molecular weight is 253 g/mol. The van der Waals surface area contributed by atoms with Gasteiger partial charge in [-0.05, 0) is 37.5 Å². The molecule has 3 atom stereocenters. The molecule has 18 heavy (non-hydrogen) atoms. The maximum Gasteiger partial charge on any atom is 0.323 e. The van der Waals surface area contributed by atoms with Crippen LogP contribution in [0.2, 0.25) is 0 Å². The molecule has 0 bridgehead atoms. The second-order valence-electron chi connectivity index (χ2n) is 6.18. The Bertz CT molecular complexity index is 274. The van der Waals surface area contributed by atoms with E-state index in [0.717, 1.165) is 5.92 Å². The molecular weight excluding hydrogens is 226 g/mol. The zero-order valence-electron chi connectivity index (χ0n) is 11.8. The molecule has 1 N–H and O–H groups in total. The molecule has 0 saturated heterocycles. The van der Waals surface area contributed by atoms with Crippen LogP contribution < -0.4 is 5.32 Å². The van der Waals surface area contributed by atoms with Gasteiger partial charge < -0.3 is 10.1 Å². The highest BCUT2D eigenvalue weighted by Gasteiger charge is 2.34. The van der Waals surface area contributed by atoms with E-state index in [0.29, 0.717) is 12.0 Å². The SMILES string of the molecule is COC(=O)C(NC1CCCC1)C1CCCC(C)C1. The number of rotatable bonds is 4. The van der Waals surface area contributed by atoms with Gasteiger partial charge in [0, 0.05) is 6.04 Å². The molecule has 0 aromatic rings. The molecule has 0 amide bonds. The third kappa shape index (κ3) is 3.47. The second kappa shape index (κ2) is 6.55. The Balaban J connectivity index is 1.96. The Morgan fingerprint density at radius 1 is 1.17 bits per heavy atom. The van der Waals surface area contributed by atoms with Crippen LogP contribution in [0.25, 0.3) is 0 Å². The molecule has 2 rings (SSSR count). The van der Waals surface area contributed by atoms with Crippen LogP contribution in [0.3, 0.4) is 0 Å². The first-order valence-corrected chi connectivity index (χ1v) is 7.54. The molecule has 0 spiro atoms. The molecule has 0 aliphatic heterocycles. The second-order valence-corrected chi connectivity index (χ2v) is 6.18. The molecule has 3 nitrogen and oxygen atoms in total. The van der Waals surface area contributed by atoms with Crippen LogP contribution in [0.15, 0.2) is 0 Å². The summed E-state index contributed by atoms with van der Waals surface area (Å²) < 4.78 is 5.01. The first-order valence-electron chi connectivity index (χ1n) is 7.54. The van der Waals surface area contributed by atoms with E-state index in [-0.39, 0.29) is 12.0 Å². The summed E-state index contributed by atoms with van der Waals surface area (Å²) in [5.74, 6) is 1.17. The lowest BCUT2D eigenvalue weighted by Gasteiger charge is -2.33. The first-order chi connectivity index (χ1) is 8.70. The van der Waals surface area contributed by atoms with E-state index in [1.54, 1.807) is 0 Å². The molecule has 104 valence electrons. The first kappa shape index (κ1) is 13.9. The number of hydrogen-bond acceptors (Lipinski definition) is 3. The minimum Gasteiger partial charge on any atom is -0.468 e. The quantitative estimate of drug-likeness (QED) is 0.783. The number of esters is 1. The lowest BCUT2D eigenvalue weighted by Crippen LogP contribution is -2.48. The Labute approximate surface area is 111 Å². The Kier molecular flexibility index (Phi) is 5.04. The van der Waals surface area contributed by atoms with E-state index in [1.807, 2.05) is 0 Å². The van der Waals surface area contributed by atoms with E-state index in [9.17, 15) is 4.79 Å². The molecular formula is C15H27NO2. The van der Waals surface area contributed by atoms with Crippen molar-refractivity contribution in [2.75, 3.05) is 7.11 Å². The highest BCUT2D eigenvalue weighted by atomic mass is 16.5. The van der Waals surface area contributed by atoms with Crippen molar-refractivity contribution in [1.82, 2.24) is 5.32 Å². The normalized spacial score (nSPS) is 31.2. The molecule has 3 unspecified atom stereocenters. The van der Waals surface area contributed by atoms with Crippen molar-refractivity contribution in [3.63, 3.8) is 0 Å². The molecule has 0 radical (unpaired) electrons. The van der Waals surface area contributed by atoms with Crippen molar-refractivity contribution in [2.45, 2.75) is 70.4 Å². The minimum absolute atomic E-state index is 0.0546. The summed E-state index contributed by atoms with van der Waals surface area (Å²) in [6, 6.07) is 0.465. The number of nitrogens with one attached hydrogen (secondary N) is 1. The van der Waals surface area contributed by atoms with Crippen molar-refractivity contribution in [3.05, 3.63) is 0 Å².